The van der Waals surface area contributed by atoms with Crippen molar-refractivity contribution in [1.29, 1.82) is 0 Å². The second-order valence-corrected chi connectivity index (χ2v) is 6.19. The normalized spacial score (nSPS) is 10.3. The van der Waals surface area contributed by atoms with Crippen molar-refractivity contribution in [3.05, 3.63) is 45.3 Å². The van der Waals surface area contributed by atoms with Gasteiger partial charge in [0, 0.05) is 4.88 Å². The zero-order valence-electron chi connectivity index (χ0n) is 12.0. The molecule has 22 heavy (non-hydrogen) atoms. The van der Waals surface area contributed by atoms with Crippen molar-refractivity contribution in [2.45, 2.75) is 13.8 Å². The molecule has 0 fully saturated rings. The molecule has 116 valence electrons. The summed E-state index contributed by atoms with van der Waals surface area (Å²) >= 11 is 7.15. The van der Waals surface area contributed by atoms with E-state index in [1.54, 1.807) is 31.2 Å². The summed E-state index contributed by atoms with van der Waals surface area (Å²) in [5.74, 6) is -1.11. The maximum Gasteiger partial charge on any atom is 0.338 e. The Morgan fingerprint density at radius 2 is 2.00 bits per heavy atom. The molecule has 0 spiro atoms. The summed E-state index contributed by atoms with van der Waals surface area (Å²) < 4.78 is 5.32. The molecule has 0 radical (unpaired) electrons. The first kappa shape index (κ1) is 16.3. The van der Waals surface area contributed by atoms with Crippen LogP contribution in [0.1, 0.15) is 20.8 Å². The third kappa shape index (κ3) is 3.58. The Hall–Kier alpha value is -2.05. The predicted octanol–water partition coefficient (Wildman–Crippen LogP) is 3.73. The number of hydrogen-bond donors (Lipinski definition) is 2. The molecule has 0 atom stereocenters. The highest BCUT2D eigenvalue weighted by Crippen LogP contribution is 2.32. The van der Waals surface area contributed by atoms with E-state index in [-0.39, 0.29) is 12.2 Å². The summed E-state index contributed by atoms with van der Waals surface area (Å²) in [6, 6.07) is 6.81. The number of ether oxygens (including phenoxy) is 1. The Morgan fingerprint density at radius 3 is 2.64 bits per heavy atom. The molecule has 0 aliphatic carbocycles. The molecule has 1 aromatic carbocycles. The van der Waals surface area contributed by atoms with Gasteiger partial charge in [-0.2, -0.15) is 0 Å². The molecule has 1 aromatic heterocycles. The number of aryl methyl sites for hydroxylation is 1. The highest BCUT2D eigenvalue weighted by atomic mass is 35.5. The van der Waals surface area contributed by atoms with Crippen LogP contribution in [0.4, 0.5) is 5.00 Å². The molecular formula is C15H14ClNO4S. The number of halogens is 1. The van der Waals surface area contributed by atoms with E-state index in [2.05, 4.69) is 5.32 Å². The predicted molar refractivity (Wildman–Crippen MR) is 86.3 cm³/mol. The SMILES string of the molecule is Cc1sc(NC(=O)COc2ccccc2Cl)c(C(=O)O)c1C. The summed E-state index contributed by atoms with van der Waals surface area (Å²) in [5.41, 5.74) is 0.772. The minimum atomic E-state index is -1.07. The van der Waals surface area contributed by atoms with Crippen molar-refractivity contribution in [3.63, 3.8) is 0 Å². The van der Waals surface area contributed by atoms with E-state index in [0.717, 1.165) is 4.88 Å². The molecule has 0 bridgehead atoms. The van der Waals surface area contributed by atoms with Gasteiger partial charge in [0.1, 0.15) is 10.8 Å². The largest absolute Gasteiger partial charge is 0.482 e. The van der Waals surface area contributed by atoms with Crippen molar-refractivity contribution in [3.8, 4) is 5.75 Å². The molecule has 7 heteroatoms. The summed E-state index contributed by atoms with van der Waals surface area (Å²) in [4.78, 5) is 24.0. The molecule has 0 saturated carbocycles. The standard InChI is InChI=1S/C15H14ClNO4S/c1-8-9(2)22-14(13(8)15(19)20)17-12(18)7-21-11-6-4-3-5-10(11)16/h3-6H,7H2,1-2H3,(H,17,18)(H,19,20). The lowest BCUT2D eigenvalue weighted by Gasteiger charge is -2.08. The molecule has 1 amide bonds. The fourth-order valence-corrected chi connectivity index (χ4v) is 3.10. The second kappa shape index (κ2) is 6.81. The van der Waals surface area contributed by atoms with Crippen molar-refractivity contribution in [1.82, 2.24) is 0 Å². The average molecular weight is 340 g/mol. The third-order valence-electron chi connectivity index (χ3n) is 3.05. The van der Waals surface area contributed by atoms with E-state index < -0.39 is 11.9 Å². The van der Waals surface area contributed by atoms with Crippen LogP contribution in [0, 0.1) is 13.8 Å². The number of nitrogens with one attached hydrogen (secondary N) is 1. The Labute approximate surface area is 136 Å². The number of benzene rings is 1. The number of carbonyl (C=O) groups excluding carboxylic acids is 1. The van der Waals surface area contributed by atoms with E-state index in [9.17, 15) is 14.7 Å². The van der Waals surface area contributed by atoms with Crippen LogP contribution in [0.25, 0.3) is 0 Å². The van der Waals surface area contributed by atoms with E-state index in [1.165, 1.54) is 11.3 Å². The summed E-state index contributed by atoms with van der Waals surface area (Å²) in [5, 5.41) is 12.5. The first-order valence-electron chi connectivity index (χ1n) is 6.40. The topological polar surface area (TPSA) is 75.6 Å². The van der Waals surface area contributed by atoms with Gasteiger partial charge in [-0.25, -0.2) is 4.79 Å². The van der Waals surface area contributed by atoms with Gasteiger partial charge in [0.2, 0.25) is 0 Å². The summed E-state index contributed by atoms with van der Waals surface area (Å²) in [6.07, 6.45) is 0. The monoisotopic (exact) mass is 339 g/mol. The maximum absolute atomic E-state index is 11.9. The Balaban J connectivity index is 2.06. The van der Waals surface area contributed by atoms with Crippen molar-refractivity contribution in [2.75, 3.05) is 11.9 Å². The van der Waals surface area contributed by atoms with Crippen LogP contribution in [0.2, 0.25) is 5.02 Å². The third-order valence-corrected chi connectivity index (χ3v) is 4.48. The van der Waals surface area contributed by atoms with Crippen LogP contribution in [0.3, 0.4) is 0 Å². The smallest absolute Gasteiger partial charge is 0.338 e. The molecule has 0 aliphatic rings. The van der Waals surface area contributed by atoms with Crippen LogP contribution in [0.15, 0.2) is 24.3 Å². The van der Waals surface area contributed by atoms with Crippen LogP contribution in [0.5, 0.6) is 5.75 Å². The van der Waals surface area contributed by atoms with Crippen molar-refractivity contribution < 1.29 is 19.4 Å². The fourth-order valence-electron chi connectivity index (χ4n) is 1.84. The number of anilines is 1. The van der Waals surface area contributed by atoms with Gasteiger partial charge in [-0.05, 0) is 31.5 Å². The van der Waals surface area contributed by atoms with E-state index in [4.69, 9.17) is 16.3 Å². The van der Waals surface area contributed by atoms with Crippen LogP contribution in [-0.4, -0.2) is 23.6 Å². The highest BCUT2D eigenvalue weighted by molar-refractivity contribution is 7.16. The van der Waals surface area contributed by atoms with Gasteiger partial charge in [-0.3, -0.25) is 4.79 Å². The number of para-hydroxylation sites is 1. The molecule has 2 aromatic rings. The minimum Gasteiger partial charge on any atom is -0.482 e. The van der Waals surface area contributed by atoms with Gasteiger partial charge in [0.05, 0.1) is 10.6 Å². The molecule has 0 aliphatic heterocycles. The first-order chi connectivity index (χ1) is 10.4. The number of amides is 1. The highest BCUT2D eigenvalue weighted by Gasteiger charge is 2.20. The number of carbonyl (C=O) groups is 2. The van der Waals surface area contributed by atoms with Crippen LogP contribution >= 0.6 is 22.9 Å². The lowest BCUT2D eigenvalue weighted by atomic mass is 10.1. The molecule has 2 N–H and O–H groups in total. The van der Waals surface area contributed by atoms with Gasteiger partial charge in [-0.1, -0.05) is 23.7 Å². The minimum absolute atomic E-state index is 0.119. The first-order valence-corrected chi connectivity index (χ1v) is 7.60. The van der Waals surface area contributed by atoms with Crippen LogP contribution < -0.4 is 10.1 Å². The molecule has 2 rings (SSSR count). The zero-order chi connectivity index (χ0) is 16.3. The lowest BCUT2D eigenvalue weighted by Crippen LogP contribution is -2.20. The van der Waals surface area contributed by atoms with Gasteiger partial charge < -0.3 is 15.2 Å². The number of hydrogen-bond acceptors (Lipinski definition) is 4. The average Bonchev–Trinajstić information content (AvgIpc) is 2.72. The van der Waals surface area contributed by atoms with E-state index in [1.807, 2.05) is 6.92 Å². The van der Waals surface area contributed by atoms with Gasteiger partial charge >= 0.3 is 5.97 Å². The molecule has 1 heterocycles. The zero-order valence-corrected chi connectivity index (χ0v) is 13.5. The van der Waals surface area contributed by atoms with Crippen molar-refractivity contribution >= 4 is 39.8 Å². The summed E-state index contributed by atoms with van der Waals surface area (Å²) in [6.45, 7) is 3.27. The Bertz CT molecular complexity index is 726. The molecular weight excluding hydrogens is 326 g/mol. The van der Waals surface area contributed by atoms with Gasteiger partial charge in [0.25, 0.3) is 5.91 Å². The second-order valence-electron chi connectivity index (χ2n) is 4.56. The summed E-state index contributed by atoms with van der Waals surface area (Å²) in [7, 11) is 0. The number of carboxylic acid groups (broad SMARTS) is 1. The Morgan fingerprint density at radius 1 is 1.32 bits per heavy atom. The van der Waals surface area contributed by atoms with Crippen molar-refractivity contribution in [2.24, 2.45) is 0 Å². The molecule has 0 saturated heterocycles. The molecule has 5 nitrogen and oxygen atoms in total. The number of aromatic carboxylic acids is 1. The fraction of sp³-hybridized carbons (Fsp3) is 0.200. The van der Waals surface area contributed by atoms with Gasteiger partial charge in [-0.15, -0.1) is 11.3 Å². The molecule has 0 unspecified atom stereocenters. The number of rotatable bonds is 5. The number of thiophene rings is 1. The lowest BCUT2D eigenvalue weighted by molar-refractivity contribution is -0.118. The van der Waals surface area contributed by atoms with E-state index in [0.29, 0.717) is 21.3 Å². The van der Waals surface area contributed by atoms with E-state index >= 15 is 0 Å². The van der Waals surface area contributed by atoms with Gasteiger partial charge in [0.15, 0.2) is 6.61 Å². The van der Waals surface area contributed by atoms with Crippen LogP contribution in [-0.2, 0) is 4.79 Å². The number of carboxylic acids is 1. The quantitative estimate of drug-likeness (QED) is 0.870. The Kier molecular flexibility index (Phi) is 5.05. The maximum atomic E-state index is 11.9.